The molecule has 3 aromatic rings. The Kier molecular flexibility index (Phi) is 8.14. The number of hydrogen-bond acceptors (Lipinski definition) is 3. The Hall–Kier alpha value is -2.53. The Balaban J connectivity index is 1.52. The van der Waals surface area contributed by atoms with Crippen molar-refractivity contribution < 1.29 is 9.53 Å². The molecule has 0 aliphatic rings. The summed E-state index contributed by atoms with van der Waals surface area (Å²) in [5, 5.41) is 3.70. The molecule has 0 spiro atoms. The van der Waals surface area contributed by atoms with E-state index in [0.717, 1.165) is 54.8 Å². The highest BCUT2D eigenvalue weighted by Gasteiger charge is 2.11. The van der Waals surface area contributed by atoms with Crippen LogP contribution >= 0.6 is 11.6 Å². The number of aryl methyl sites for hydroxylation is 2. The minimum atomic E-state index is 0.0182. The lowest BCUT2D eigenvalue weighted by atomic mass is 10.2. The van der Waals surface area contributed by atoms with E-state index in [1.807, 2.05) is 44.2 Å². The Morgan fingerprint density at radius 3 is 2.63 bits per heavy atom. The summed E-state index contributed by atoms with van der Waals surface area (Å²) in [4.78, 5) is 16.6. The second kappa shape index (κ2) is 11.0. The smallest absolute Gasteiger partial charge is 0.222 e. The van der Waals surface area contributed by atoms with Crippen LogP contribution < -0.4 is 10.1 Å². The molecule has 0 bridgehead atoms. The number of hydrogen-bond donors (Lipinski definition) is 1. The molecule has 1 N–H and O–H groups in total. The lowest BCUT2D eigenvalue weighted by Gasteiger charge is -2.11. The van der Waals surface area contributed by atoms with Gasteiger partial charge in [-0.2, -0.15) is 0 Å². The minimum absolute atomic E-state index is 0.0182. The molecule has 0 aliphatic carbocycles. The van der Waals surface area contributed by atoms with Gasteiger partial charge >= 0.3 is 0 Å². The number of unbranched alkanes of at least 4 members (excludes halogenated alkanes) is 1. The van der Waals surface area contributed by atoms with Gasteiger partial charge in [-0.05, 0) is 55.7 Å². The molecule has 5 nitrogen and oxygen atoms in total. The van der Waals surface area contributed by atoms with Crippen LogP contribution in [0, 0.1) is 5.92 Å². The first-order chi connectivity index (χ1) is 14.5. The normalized spacial score (nSPS) is 11.2. The molecule has 0 aliphatic heterocycles. The van der Waals surface area contributed by atoms with Crippen LogP contribution in [0.15, 0.2) is 48.5 Å². The summed E-state index contributed by atoms with van der Waals surface area (Å²) >= 11 is 5.90. The third-order valence-corrected chi connectivity index (χ3v) is 5.24. The fourth-order valence-electron chi connectivity index (χ4n) is 3.32. The zero-order chi connectivity index (χ0) is 21.3. The van der Waals surface area contributed by atoms with Crippen LogP contribution in [-0.2, 0) is 17.8 Å². The molecule has 0 fully saturated rings. The third-order valence-electron chi connectivity index (χ3n) is 4.99. The van der Waals surface area contributed by atoms with Crippen LogP contribution in [-0.4, -0.2) is 28.6 Å². The number of aromatic nitrogens is 2. The van der Waals surface area contributed by atoms with Crippen molar-refractivity contribution in [3.05, 3.63) is 59.4 Å². The SMILES string of the molecule is CC(C)C(=O)NCCCc1nc2ccccc2n1CCCCOc1ccc(Cl)cc1. The number of carbonyl (C=O) groups is 1. The van der Waals surface area contributed by atoms with Gasteiger partial charge in [-0.25, -0.2) is 4.98 Å². The number of para-hydroxylation sites is 2. The van der Waals surface area contributed by atoms with Crippen molar-refractivity contribution in [1.82, 2.24) is 14.9 Å². The van der Waals surface area contributed by atoms with E-state index >= 15 is 0 Å². The van der Waals surface area contributed by atoms with Crippen molar-refractivity contribution in [3.63, 3.8) is 0 Å². The first kappa shape index (κ1) is 22.2. The van der Waals surface area contributed by atoms with E-state index in [0.29, 0.717) is 18.2 Å². The lowest BCUT2D eigenvalue weighted by Crippen LogP contribution is -2.28. The number of ether oxygens (including phenoxy) is 1. The average molecular weight is 428 g/mol. The number of rotatable bonds is 11. The number of fused-ring (bicyclic) bond motifs is 1. The van der Waals surface area contributed by atoms with E-state index < -0.39 is 0 Å². The average Bonchev–Trinajstić information content (AvgIpc) is 3.09. The van der Waals surface area contributed by atoms with Crippen LogP contribution in [0.3, 0.4) is 0 Å². The number of amides is 1. The minimum Gasteiger partial charge on any atom is -0.494 e. The van der Waals surface area contributed by atoms with Crippen molar-refractivity contribution >= 4 is 28.5 Å². The summed E-state index contributed by atoms with van der Waals surface area (Å²) in [6.45, 7) is 6.06. The summed E-state index contributed by atoms with van der Waals surface area (Å²) in [5.41, 5.74) is 2.19. The van der Waals surface area contributed by atoms with Gasteiger partial charge in [0.25, 0.3) is 0 Å². The van der Waals surface area contributed by atoms with E-state index in [1.54, 1.807) is 0 Å². The maximum atomic E-state index is 11.7. The van der Waals surface area contributed by atoms with Gasteiger partial charge in [-0.1, -0.05) is 37.6 Å². The zero-order valence-electron chi connectivity index (χ0n) is 17.7. The quantitative estimate of drug-likeness (QED) is 0.425. The van der Waals surface area contributed by atoms with Crippen LogP contribution in [0.2, 0.25) is 5.02 Å². The first-order valence-electron chi connectivity index (χ1n) is 10.6. The zero-order valence-corrected chi connectivity index (χ0v) is 18.5. The largest absolute Gasteiger partial charge is 0.494 e. The molecule has 0 atom stereocenters. The summed E-state index contributed by atoms with van der Waals surface area (Å²) in [5.74, 6) is 2.04. The van der Waals surface area contributed by atoms with Crippen molar-refractivity contribution in [2.45, 2.75) is 46.1 Å². The predicted octanol–water partition coefficient (Wildman–Crippen LogP) is 5.25. The summed E-state index contributed by atoms with van der Waals surface area (Å²) in [7, 11) is 0. The molecule has 1 aromatic heterocycles. The molecule has 1 heterocycles. The first-order valence-corrected chi connectivity index (χ1v) is 11.0. The maximum absolute atomic E-state index is 11.7. The molecule has 3 rings (SSSR count). The van der Waals surface area contributed by atoms with Crippen molar-refractivity contribution in [1.29, 1.82) is 0 Å². The van der Waals surface area contributed by atoms with E-state index in [1.165, 1.54) is 0 Å². The van der Waals surface area contributed by atoms with Gasteiger partial charge in [0, 0.05) is 30.5 Å². The van der Waals surface area contributed by atoms with Crippen LogP contribution in [0.4, 0.5) is 0 Å². The fraction of sp³-hybridized carbons (Fsp3) is 0.417. The molecule has 6 heteroatoms. The van der Waals surface area contributed by atoms with Crippen molar-refractivity contribution in [2.24, 2.45) is 5.92 Å². The van der Waals surface area contributed by atoms with Gasteiger partial charge in [0.15, 0.2) is 0 Å². The highest BCUT2D eigenvalue weighted by molar-refractivity contribution is 6.30. The third kappa shape index (κ3) is 6.23. The van der Waals surface area contributed by atoms with Gasteiger partial charge < -0.3 is 14.6 Å². The Morgan fingerprint density at radius 1 is 1.10 bits per heavy atom. The number of benzene rings is 2. The molecular formula is C24H30ClN3O2. The Labute approximate surface area is 183 Å². The molecule has 160 valence electrons. The van der Waals surface area contributed by atoms with Gasteiger partial charge in [0.05, 0.1) is 17.6 Å². The molecule has 1 amide bonds. The van der Waals surface area contributed by atoms with Gasteiger partial charge in [-0.15, -0.1) is 0 Å². The number of imidazole rings is 1. The fourth-order valence-corrected chi connectivity index (χ4v) is 3.45. The molecule has 2 aromatic carbocycles. The standard InChI is InChI=1S/C24H30ClN3O2/c1-18(2)24(29)26-15-7-10-23-27-21-8-3-4-9-22(21)28(23)16-5-6-17-30-20-13-11-19(25)12-14-20/h3-4,8-9,11-14,18H,5-7,10,15-17H2,1-2H3,(H,26,29). The monoisotopic (exact) mass is 427 g/mol. The molecular weight excluding hydrogens is 398 g/mol. The topological polar surface area (TPSA) is 56.2 Å². The molecule has 0 unspecified atom stereocenters. The van der Waals surface area contributed by atoms with E-state index in [2.05, 4.69) is 28.1 Å². The molecule has 30 heavy (non-hydrogen) atoms. The van der Waals surface area contributed by atoms with Crippen molar-refractivity contribution in [3.8, 4) is 5.75 Å². The molecule has 0 radical (unpaired) electrons. The van der Waals surface area contributed by atoms with Crippen LogP contribution in [0.5, 0.6) is 5.75 Å². The highest BCUT2D eigenvalue weighted by atomic mass is 35.5. The number of carbonyl (C=O) groups excluding carboxylic acids is 1. The summed E-state index contributed by atoms with van der Waals surface area (Å²) in [6.07, 6.45) is 3.68. The van der Waals surface area contributed by atoms with Crippen molar-refractivity contribution in [2.75, 3.05) is 13.2 Å². The number of halogens is 1. The lowest BCUT2D eigenvalue weighted by molar-refractivity contribution is -0.123. The number of nitrogens with one attached hydrogen (secondary N) is 1. The van der Waals surface area contributed by atoms with Gasteiger partial charge in [0.2, 0.25) is 5.91 Å². The van der Waals surface area contributed by atoms with E-state index in [-0.39, 0.29) is 11.8 Å². The second-order valence-corrected chi connectivity index (χ2v) is 8.16. The predicted molar refractivity (Wildman–Crippen MR) is 122 cm³/mol. The van der Waals surface area contributed by atoms with Gasteiger partial charge in [0.1, 0.15) is 11.6 Å². The Bertz CT molecular complexity index is 951. The summed E-state index contributed by atoms with van der Waals surface area (Å²) < 4.78 is 8.10. The second-order valence-electron chi connectivity index (χ2n) is 7.73. The van der Waals surface area contributed by atoms with Gasteiger partial charge in [-0.3, -0.25) is 4.79 Å². The highest BCUT2D eigenvalue weighted by Crippen LogP contribution is 2.19. The maximum Gasteiger partial charge on any atom is 0.222 e. The van der Waals surface area contributed by atoms with E-state index in [4.69, 9.17) is 21.3 Å². The Morgan fingerprint density at radius 2 is 1.87 bits per heavy atom. The van der Waals surface area contributed by atoms with E-state index in [9.17, 15) is 4.79 Å². The molecule has 0 saturated heterocycles. The van der Waals surface area contributed by atoms with Crippen LogP contribution in [0.25, 0.3) is 11.0 Å². The molecule has 0 saturated carbocycles. The summed E-state index contributed by atoms with van der Waals surface area (Å²) in [6, 6.07) is 15.7. The van der Waals surface area contributed by atoms with Crippen LogP contribution in [0.1, 0.15) is 38.9 Å². The number of nitrogens with zero attached hydrogens (tertiary/aromatic N) is 2.